The predicted molar refractivity (Wildman–Crippen MR) is 72.0 cm³/mol. The Morgan fingerprint density at radius 2 is 1.70 bits per heavy atom. The van der Waals surface area contributed by atoms with E-state index in [0.717, 1.165) is 0 Å². The summed E-state index contributed by atoms with van der Waals surface area (Å²) in [4.78, 5) is 24.3. The molecule has 104 valence electrons. The minimum absolute atomic E-state index is 0.0561. The van der Waals surface area contributed by atoms with Crippen LogP contribution in [0.4, 0.5) is 0 Å². The summed E-state index contributed by atoms with van der Waals surface area (Å²) in [7, 11) is 0. The highest BCUT2D eigenvalue weighted by Crippen LogP contribution is 2.41. The maximum absolute atomic E-state index is 12.4. The van der Waals surface area contributed by atoms with Crippen LogP contribution in [0.1, 0.15) is 25.5 Å². The molecule has 2 aliphatic rings. The summed E-state index contributed by atoms with van der Waals surface area (Å²) >= 11 is 5.84. The van der Waals surface area contributed by atoms with Crippen LogP contribution in [0.3, 0.4) is 0 Å². The fourth-order valence-corrected chi connectivity index (χ4v) is 2.55. The first kappa shape index (κ1) is 13.2. The molecule has 3 unspecified atom stereocenters. The summed E-state index contributed by atoms with van der Waals surface area (Å²) in [5.41, 5.74) is 1.04. The Hall–Kier alpha value is -1.81. The molecule has 0 spiro atoms. The van der Waals surface area contributed by atoms with E-state index in [1.54, 1.807) is 38.1 Å². The van der Waals surface area contributed by atoms with Crippen molar-refractivity contribution in [1.82, 2.24) is 0 Å². The van der Waals surface area contributed by atoms with E-state index in [-0.39, 0.29) is 23.6 Å². The first-order valence-electron chi connectivity index (χ1n) is 6.40. The molecule has 0 radical (unpaired) electrons. The normalized spacial score (nSPS) is 29.1. The number of Topliss-reactive ketones (excluding diaryl/α,β-unsaturated/α-hetero) is 1. The van der Waals surface area contributed by atoms with Crippen molar-refractivity contribution in [3.63, 3.8) is 0 Å². The molecule has 2 heterocycles. The van der Waals surface area contributed by atoms with Crippen molar-refractivity contribution >= 4 is 23.4 Å². The fourth-order valence-electron chi connectivity index (χ4n) is 2.42. The molecular weight excluding hydrogens is 280 g/mol. The number of carbonyl (C=O) groups is 2. The van der Waals surface area contributed by atoms with Gasteiger partial charge in [0, 0.05) is 5.02 Å². The van der Waals surface area contributed by atoms with Crippen molar-refractivity contribution < 1.29 is 19.1 Å². The number of rotatable bonds is 1. The van der Waals surface area contributed by atoms with Crippen LogP contribution in [0, 0.1) is 5.92 Å². The van der Waals surface area contributed by atoms with Crippen LogP contribution in [0.15, 0.2) is 35.6 Å². The van der Waals surface area contributed by atoms with Crippen molar-refractivity contribution in [2.75, 3.05) is 0 Å². The maximum Gasteiger partial charge on any atom is 0.375 e. The van der Waals surface area contributed by atoms with E-state index in [9.17, 15) is 9.59 Å². The molecule has 0 N–H and O–H groups in total. The lowest BCUT2D eigenvalue weighted by atomic mass is 9.87. The van der Waals surface area contributed by atoms with Crippen molar-refractivity contribution in [2.45, 2.75) is 26.1 Å². The highest BCUT2D eigenvalue weighted by Gasteiger charge is 2.47. The molecule has 3 rings (SSSR count). The number of ether oxygens (including phenoxy) is 2. The molecule has 3 atom stereocenters. The molecule has 0 fully saturated rings. The van der Waals surface area contributed by atoms with Gasteiger partial charge in [-0.3, -0.25) is 4.79 Å². The number of ketones is 1. The SMILES string of the molecule is CC1OC2=C(C(=O)C1C)C(c1ccc(Cl)cc1)OC2=O. The van der Waals surface area contributed by atoms with Crippen LogP contribution in [0.2, 0.25) is 5.02 Å². The van der Waals surface area contributed by atoms with Crippen LogP contribution >= 0.6 is 11.6 Å². The van der Waals surface area contributed by atoms with Gasteiger partial charge in [-0.05, 0) is 24.6 Å². The third-order valence-electron chi connectivity index (χ3n) is 3.78. The Morgan fingerprint density at radius 1 is 1.05 bits per heavy atom. The molecule has 0 amide bonds. The van der Waals surface area contributed by atoms with Gasteiger partial charge in [0.15, 0.2) is 11.9 Å². The Morgan fingerprint density at radius 3 is 2.35 bits per heavy atom. The van der Waals surface area contributed by atoms with Gasteiger partial charge >= 0.3 is 5.97 Å². The Kier molecular flexibility index (Phi) is 3.05. The molecular formula is C15H13ClO4. The van der Waals surface area contributed by atoms with Crippen molar-refractivity contribution in [2.24, 2.45) is 5.92 Å². The zero-order chi connectivity index (χ0) is 14.4. The van der Waals surface area contributed by atoms with Gasteiger partial charge in [-0.15, -0.1) is 0 Å². The monoisotopic (exact) mass is 292 g/mol. The van der Waals surface area contributed by atoms with Gasteiger partial charge in [0.25, 0.3) is 0 Å². The second-order valence-electron chi connectivity index (χ2n) is 5.06. The number of esters is 1. The molecule has 0 aliphatic carbocycles. The fraction of sp³-hybridized carbons (Fsp3) is 0.333. The topological polar surface area (TPSA) is 52.6 Å². The highest BCUT2D eigenvalue weighted by atomic mass is 35.5. The van der Waals surface area contributed by atoms with Crippen LogP contribution in [0.5, 0.6) is 0 Å². The van der Waals surface area contributed by atoms with Gasteiger partial charge in [0.2, 0.25) is 5.76 Å². The second kappa shape index (κ2) is 4.63. The second-order valence-corrected chi connectivity index (χ2v) is 5.49. The minimum atomic E-state index is -0.697. The number of benzene rings is 1. The summed E-state index contributed by atoms with van der Waals surface area (Å²) in [6, 6.07) is 6.88. The molecule has 20 heavy (non-hydrogen) atoms. The number of cyclic esters (lactones) is 1. The molecule has 1 aromatic carbocycles. The molecule has 0 saturated heterocycles. The first-order valence-corrected chi connectivity index (χ1v) is 6.78. The van der Waals surface area contributed by atoms with Crippen LogP contribution in [0.25, 0.3) is 0 Å². The van der Waals surface area contributed by atoms with E-state index in [1.165, 1.54) is 0 Å². The third-order valence-corrected chi connectivity index (χ3v) is 4.03. The standard InChI is InChI=1S/C15H13ClO4/c1-7-8(2)19-14-11(12(7)17)13(20-15(14)18)9-3-5-10(16)6-4-9/h3-8,13H,1-2H3. The molecule has 4 nitrogen and oxygen atoms in total. The Bertz CT molecular complexity index is 617. The average molecular weight is 293 g/mol. The van der Waals surface area contributed by atoms with E-state index in [1.807, 2.05) is 0 Å². The summed E-state index contributed by atoms with van der Waals surface area (Å²) in [6.45, 7) is 3.56. The van der Waals surface area contributed by atoms with Crippen LogP contribution < -0.4 is 0 Å². The lowest BCUT2D eigenvalue weighted by Crippen LogP contribution is -2.33. The summed E-state index contributed by atoms with van der Waals surface area (Å²) in [6.07, 6.45) is -1.02. The number of hydrogen-bond donors (Lipinski definition) is 0. The number of hydrogen-bond acceptors (Lipinski definition) is 4. The summed E-state index contributed by atoms with van der Waals surface area (Å²) in [5.74, 6) is -0.907. The van der Waals surface area contributed by atoms with E-state index in [4.69, 9.17) is 21.1 Å². The lowest BCUT2D eigenvalue weighted by Gasteiger charge is -2.26. The van der Waals surface area contributed by atoms with Crippen molar-refractivity contribution in [3.05, 3.63) is 46.2 Å². The van der Waals surface area contributed by atoms with E-state index >= 15 is 0 Å². The largest absolute Gasteiger partial charge is 0.482 e. The minimum Gasteiger partial charge on any atom is -0.482 e. The zero-order valence-corrected chi connectivity index (χ0v) is 11.8. The lowest BCUT2D eigenvalue weighted by molar-refractivity contribution is -0.144. The molecule has 5 heteroatoms. The van der Waals surface area contributed by atoms with Crippen LogP contribution in [-0.4, -0.2) is 17.9 Å². The van der Waals surface area contributed by atoms with Crippen molar-refractivity contribution in [1.29, 1.82) is 0 Å². The molecule has 1 aromatic rings. The number of halogens is 1. The number of carbonyl (C=O) groups excluding carboxylic acids is 2. The first-order chi connectivity index (χ1) is 9.49. The predicted octanol–water partition coefficient (Wildman–Crippen LogP) is 2.82. The molecule has 0 aromatic heterocycles. The Balaban J connectivity index is 2.05. The third kappa shape index (κ3) is 1.91. The van der Waals surface area contributed by atoms with Crippen molar-refractivity contribution in [3.8, 4) is 0 Å². The van der Waals surface area contributed by atoms with E-state index in [0.29, 0.717) is 16.2 Å². The summed E-state index contributed by atoms with van der Waals surface area (Å²) in [5, 5.41) is 0.584. The van der Waals surface area contributed by atoms with Gasteiger partial charge in [0.1, 0.15) is 6.10 Å². The van der Waals surface area contributed by atoms with Crippen LogP contribution in [-0.2, 0) is 19.1 Å². The summed E-state index contributed by atoms with van der Waals surface area (Å²) < 4.78 is 10.8. The molecule has 0 bridgehead atoms. The van der Waals surface area contributed by atoms with Gasteiger partial charge in [0.05, 0.1) is 11.5 Å². The smallest absolute Gasteiger partial charge is 0.375 e. The van der Waals surface area contributed by atoms with E-state index in [2.05, 4.69) is 0 Å². The molecule has 2 aliphatic heterocycles. The Labute approximate surface area is 121 Å². The average Bonchev–Trinajstić information content (AvgIpc) is 2.74. The van der Waals surface area contributed by atoms with Gasteiger partial charge in [-0.2, -0.15) is 0 Å². The van der Waals surface area contributed by atoms with Gasteiger partial charge in [-0.1, -0.05) is 30.7 Å². The molecule has 0 saturated carbocycles. The van der Waals surface area contributed by atoms with Gasteiger partial charge < -0.3 is 9.47 Å². The zero-order valence-electron chi connectivity index (χ0n) is 11.1. The highest BCUT2D eigenvalue weighted by molar-refractivity contribution is 6.30. The van der Waals surface area contributed by atoms with Gasteiger partial charge in [-0.25, -0.2) is 4.79 Å². The maximum atomic E-state index is 12.4. The quantitative estimate of drug-likeness (QED) is 0.747. The van der Waals surface area contributed by atoms with E-state index < -0.39 is 12.1 Å².